The molecule has 1 aliphatic heterocycles. The number of hydrogen-bond donors (Lipinski definition) is 4. The molecule has 25 heavy (non-hydrogen) atoms. The SMILES string of the molecule is O=C(CNC(=O)c1n[nH]c2c1CNCC2)Nc1ccc(F)c(F)c1F. The van der Waals surface area contributed by atoms with Gasteiger partial charge in [0.2, 0.25) is 5.91 Å². The highest BCUT2D eigenvalue weighted by molar-refractivity contribution is 5.99. The van der Waals surface area contributed by atoms with Gasteiger partial charge in [-0.1, -0.05) is 0 Å². The van der Waals surface area contributed by atoms with E-state index in [1.54, 1.807) is 0 Å². The molecule has 2 aromatic rings. The largest absolute Gasteiger partial charge is 0.342 e. The summed E-state index contributed by atoms with van der Waals surface area (Å²) in [7, 11) is 0. The molecule has 1 aromatic carbocycles. The van der Waals surface area contributed by atoms with Crippen molar-refractivity contribution >= 4 is 17.5 Å². The van der Waals surface area contributed by atoms with E-state index in [1.165, 1.54) is 0 Å². The zero-order chi connectivity index (χ0) is 18.0. The highest BCUT2D eigenvalue weighted by Crippen LogP contribution is 2.19. The van der Waals surface area contributed by atoms with E-state index in [4.69, 9.17) is 0 Å². The number of amides is 2. The maximum Gasteiger partial charge on any atom is 0.272 e. The van der Waals surface area contributed by atoms with Crippen LogP contribution in [-0.2, 0) is 17.8 Å². The van der Waals surface area contributed by atoms with Crippen molar-refractivity contribution in [2.45, 2.75) is 13.0 Å². The van der Waals surface area contributed by atoms with E-state index in [-0.39, 0.29) is 5.69 Å². The highest BCUT2D eigenvalue weighted by atomic mass is 19.2. The van der Waals surface area contributed by atoms with Gasteiger partial charge >= 0.3 is 0 Å². The monoisotopic (exact) mass is 353 g/mol. The van der Waals surface area contributed by atoms with Crippen LogP contribution in [0.5, 0.6) is 0 Å². The molecule has 0 saturated heterocycles. The molecule has 4 N–H and O–H groups in total. The smallest absolute Gasteiger partial charge is 0.272 e. The lowest BCUT2D eigenvalue weighted by Crippen LogP contribution is -2.34. The Labute approximate surface area is 140 Å². The number of rotatable bonds is 4. The van der Waals surface area contributed by atoms with Gasteiger partial charge in [0.1, 0.15) is 0 Å². The summed E-state index contributed by atoms with van der Waals surface area (Å²) in [5.74, 6) is -5.91. The summed E-state index contributed by atoms with van der Waals surface area (Å²) < 4.78 is 39.5. The summed E-state index contributed by atoms with van der Waals surface area (Å²) >= 11 is 0. The molecule has 3 rings (SSSR count). The van der Waals surface area contributed by atoms with Gasteiger partial charge in [0.25, 0.3) is 5.91 Å². The molecule has 0 bridgehead atoms. The first kappa shape index (κ1) is 17.0. The molecule has 0 unspecified atom stereocenters. The van der Waals surface area contributed by atoms with Crippen LogP contribution in [0.15, 0.2) is 12.1 Å². The predicted octanol–water partition coefficient (Wildman–Crippen LogP) is 0.841. The topological polar surface area (TPSA) is 98.9 Å². The number of carbonyl (C=O) groups excluding carboxylic acids is 2. The van der Waals surface area contributed by atoms with E-state index in [2.05, 4.69) is 26.1 Å². The van der Waals surface area contributed by atoms with Crippen molar-refractivity contribution in [3.63, 3.8) is 0 Å². The van der Waals surface area contributed by atoms with Crippen molar-refractivity contribution < 1.29 is 22.8 Å². The summed E-state index contributed by atoms with van der Waals surface area (Å²) in [6.45, 7) is 0.783. The third-order valence-corrected chi connectivity index (χ3v) is 3.74. The number of hydrogen-bond acceptors (Lipinski definition) is 4. The molecule has 0 aliphatic carbocycles. The van der Waals surface area contributed by atoms with Crippen LogP contribution in [0, 0.1) is 17.5 Å². The van der Waals surface area contributed by atoms with E-state index in [9.17, 15) is 22.8 Å². The number of anilines is 1. The molecule has 7 nitrogen and oxygen atoms in total. The number of H-pyrrole nitrogens is 1. The van der Waals surface area contributed by atoms with Crippen LogP contribution in [0.25, 0.3) is 0 Å². The highest BCUT2D eigenvalue weighted by Gasteiger charge is 2.22. The minimum Gasteiger partial charge on any atom is -0.342 e. The number of nitrogens with one attached hydrogen (secondary N) is 4. The Kier molecular flexibility index (Phi) is 4.70. The van der Waals surface area contributed by atoms with Crippen LogP contribution in [0.2, 0.25) is 0 Å². The van der Waals surface area contributed by atoms with Crippen molar-refractivity contribution in [2.75, 3.05) is 18.4 Å². The zero-order valence-corrected chi connectivity index (χ0v) is 12.9. The zero-order valence-electron chi connectivity index (χ0n) is 12.9. The number of aromatic nitrogens is 2. The minimum atomic E-state index is -1.68. The number of halogens is 3. The van der Waals surface area contributed by atoms with E-state index in [0.29, 0.717) is 19.0 Å². The molecular weight excluding hydrogens is 339 g/mol. The molecule has 2 heterocycles. The molecule has 0 spiro atoms. The third-order valence-electron chi connectivity index (χ3n) is 3.74. The Morgan fingerprint density at radius 3 is 2.80 bits per heavy atom. The van der Waals surface area contributed by atoms with Crippen molar-refractivity contribution in [2.24, 2.45) is 0 Å². The van der Waals surface area contributed by atoms with Gasteiger partial charge in [-0.25, -0.2) is 13.2 Å². The van der Waals surface area contributed by atoms with E-state index >= 15 is 0 Å². The molecular formula is C15H14F3N5O2. The van der Waals surface area contributed by atoms with Crippen molar-refractivity contribution in [3.05, 3.63) is 46.5 Å². The molecule has 1 aromatic heterocycles. The second-order valence-electron chi connectivity index (χ2n) is 5.41. The molecule has 0 saturated carbocycles. The number of benzene rings is 1. The summed E-state index contributed by atoms with van der Waals surface area (Å²) in [4.78, 5) is 23.9. The van der Waals surface area contributed by atoms with Gasteiger partial charge in [-0.15, -0.1) is 0 Å². The maximum atomic E-state index is 13.5. The third kappa shape index (κ3) is 3.48. The summed E-state index contributed by atoms with van der Waals surface area (Å²) in [6.07, 6.45) is 0.714. The van der Waals surface area contributed by atoms with Crippen molar-refractivity contribution in [1.29, 1.82) is 0 Å². The number of fused-ring (bicyclic) bond motifs is 1. The van der Waals surface area contributed by atoms with Crippen molar-refractivity contribution in [3.8, 4) is 0 Å². The van der Waals surface area contributed by atoms with Gasteiger partial charge in [0, 0.05) is 30.8 Å². The molecule has 1 aliphatic rings. The molecule has 132 valence electrons. The maximum absolute atomic E-state index is 13.5. The van der Waals surface area contributed by atoms with E-state index in [0.717, 1.165) is 23.9 Å². The Hall–Kier alpha value is -2.88. The van der Waals surface area contributed by atoms with E-state index < -0.39 is 41.5 Å². The fourth-order valence-electron chi connectivity index (χ4n) is 2.47. The summed E-state index contributed by atoms with van der Waals surface area (Å²) in [5.41, 5.74) is 1.25. The number of carbonyl (C=O) groups is 2. The lowest BCUT2D eigenvalue weighted by atomic mass is 10.1. The van der Waals surface area contributed by atoms with Crippen LogP contribution < -0.4 is 16.0 Å². The van der Waals surface area contributed by atoms with Gasteiger partial charge in [-0.3, -0.25) is 14.7 Å². The normalized spacial score (nSPS) is 13.2. The second kappa shape index (κ2) is 6.93. The Morgan fingerprint density at radius 1 is 1.20 bits per heavy atom. The number of aromatic amines is 1. The van der Waals surface area contributed by atoms with Gasteiger partial charge < -0.3 is 16.0 Å². The average molecular weight is 353 g/mol. The molecule has 10 heteroatoms. The van der Waals surface area contributed by atoms with Gasteiger partial charge in [-0.05, 0) is 12.1 Å². The van der Waals surface area contributed by atoms with Gasteiger partial charge in [0.15, 0.2) is 23.1 Å². The standard InChI is InChI=1S/C15H14F3N5O2/c16-8-1-2-10(13(18)12(8)17)21-11(24)6-20-15(25)14-7-5-19-4-3-9(7)22-23-14/h1-2,19H,3-6H2,(H,20,25)(H,21,24)(H,22,23). The summed E-state index contributed by atoms with van der Waals surface area (Å²) in [6, 6.07) is 1.58. The minimum absolute atomic E-state index is 0.175. The first-order chi connectivity index (χ1) is 12.0. The van der Waals surface area contributed by atoms with Crippen molar-refractivity contribution in [1.82, 2.24) is 20.8 Å². The van der Waals surface area contributed by atoms with Crippen LogP contribution in [0.3, 0.4) is 0 Å². The van der Waals surface area contributed by atoms with Crippen LogP contribution in [-0.4, -0.2) is 35.1 Å². The first-order valence-electron chi connectivity index (χ1n) is 7.45. The molecule has 0 radical (unpaired) electrons. The lowest BCUT2D eigenvalue weighted by molar-refractivity contribution is -0.115. The van der Waals surface area contributed by atoms with Crippen LogP contribution in [0.4, 0.5) is 18.9 Å². The molecule has 0 atom stereocenters. The average Bonchev–Trinajstić information content (AvgIpc) is 3.04. The second-order valence-corrected chi connectivity index (χ2v) is 5.41. The Bertz CT molecular complexity index is 837. The fourth-order valence-corrected chi connectivity index (χ4v) is 2.47. The number of nitrogens with zero attached hydrogens (tertiary/aromatic N) is 1. The quantitative estimate of drug-likeness (QED) is 0.612. The predicted molar refractivity (Wildman–Crippen MR) is 81.3 cm³/mol. The first-order valence-corrected chi connectivity index (χ1v) is 7.45. The van der Waals surface area contributed by atoms with Crippen LogP contribution >= 0.6 is 0 Å². The molecule has 0 fully saturated rings. The summed E-state index contributed by atoms with van der Waals surface area (Å²) in [5, 5.41) is 14.2. The fraction of sp³-hybridized carbons (Fsp3) is 0.267. The van der Waals surface area contributed by atoms with E-state index in [1.807, 2.05) is 0 Å². The lowest BCUT2D eigenvalue weighted by Gasteiger charge is -2.13. The van der Waals surface area contributed by atoms with Gasteiger partial charge in [0.05, 0.1) is 12.2 Å². The van der Waals surface area contributed by atoms with Gasteiger partial charge in [-0.2, -0.15) is 5.10 Å². The molecule has 2 amide bonds. The Balaban J connectivity index is 1.60. The Morgan fingerprint density at radius 2 is 2.00 bits per heavy atom. The van der Waals surface area contributed by atoms with Crippen LogP contribution in [0.1, 0.15) is 21.7 Å².